The minimum absolute atomic E-state index is 0.0851. The van der Waals surface area contributed by atoms with E-state index in [1.54, 1.807) is 0 Å². The van der Waals surface area contributed by atoms with E-state index in [0.717, 1.165) is 0 Å². The average Bonchev–Trinajstić information content (AvgIpc) is 2.23. The molecule has 4 heteroatoms. The molecule has 1 atom stereocenters. The fraction of sp³-hybridized carbons (Fsp3) is 0.500. The van der Waals surface area contributed by atoms with E-state index in [9.17, 15) is 8.78 Å². The van der Waals surface area contributed by atoms with Crippen LogP contribution in [0.2, 0.25) is 0 Å². The maximum atomic E-state index is 13.6. The second kappa shape index (κ2) is 5.73. The van der Waals surface area contributed by atoms with Gasteiger partial charge in [-0.15, -0.1) is 0 Å². The normalized spacial score (nSPS) is 13.2. The van der Waals surface area contributed by atoms with E-state index in [4.69, 9.17) is 0 Å². The van der Waals surface area contributed by atoms with Crippen molar-refractivity contribution in [1.29, 1.82) is 0 Å². The Hall–Kier alpha value is -0.480. The Balaban J connectivity index is 2.77. The van der Waals surface area contributed by atoms with Crippen LogP contribution in [0.25, 0.3) is 0 Å². The molecule has 0 amide bonds. The molecule has 0 bridgehead atoms. The molecule has 0 saturated heterocycles. The summed E-state index contributed by atoms with van der Waals surface area (Å²) in [7, 11) is 0. The van der Waals surface area contributed by atoms with Crippen molar-refractivity contribution >= 4 is 15.9 Å². The highest BCUT2D eigenvalue weighted by molar-refractivity contribution is 9.10. The molecule has 1 nitrogen and oxygen atoms in total. The van der Waals surface area contributed by atoms with Gasteiger partial charge in [0.15, 0.2) is 0 Å². The first kappa shape index (κ1) is 13.6. The van der Waals surface area contributed by atoms with Gasteiger partial charge in [0, 0.05) is 18.2 Å². The van der Waals surface area contributed by atoms with E-state index >= 15 is 0 Å². The Labute approximate surface area is 103 Å². The van der Waals surface area contributed by atoms with Crippen molar-refractivity contribution in [1.82, 2.24) is 5.32 Å². The largest absolute Gasteiger partial charge is 0.310 e. The van der Waals surface area contributed by atoms with Gasteiger partial charge in [-0.3, -0.25) is 0 Å². The number of hydrogen-bond donors (Lipinski definition) is 1. The topological polar surface area (TPSA) is 12.0 Å². The van der Waals surface area contributed by atoms with Crippen molar-refractivity contribution < 1.29 is 8.78 Å². The summed E-state index contributed by atoms with van der Waals surface area (Å²) in [6.45, 7) is 6.32. The molecule has 0 radical (unpaired) electrons. The SMILES string of the molecule is CC(C)C(C)NCc1c(F)ccc(Br)c1F. The van der Waals surface area contributed by atoms with Crippen molar-refractivity contribution in [2.24, 2.45) is 5.92 Å². The van der Waals surface area contributed by atoms with E-state index in [2.05, 4.69) is 35.1 Å². The van der Waals surface area contributed by atoms with Gasteiger partial charge < -0.3 is 5.32 Å². The van der Waals surface area contributed by atoms with Gasteiger partial charge in [0.25, 0.3) is 0 Å². The van der Waals surface area contributed by atoms with Crippen molar-refractivity contribution in [3.63, 3.8) is 0 Å². The zero-order chi connectivity index (χ0) is 12.3. The monoisotopic (exact) mass is 291 g/mol. The molecule has 0 aliphatic heterocycles. The lowest BCUT2D eigenvalue weighted by Gasteiger charge is -2.18. The van der Waals surface area contributed by atoms with E-state index < -0.39 is 11.6 Å². The van der Waals surface area contributed by atoms with Crippen LogP contribution < -0.4 is 5.32 Å². The molecule has 16 heavy (non-hydrogen) atoms. The fourth-order valence-electron chi connectivity index (χ4n) is 1.23. The fourth-order valence-corrected chi connectivity index (χ4v) is 1.60. The Morgan fingerprint density at radius 2 is 1.88 bits per heavy atom. The maximum absolute atomic E-state index is 13.6. The van der Waals surface area contributed by atoms with Gasteiger partial charge in [-0.1, -0.05) is 13.8 Å². The van der Waals surface area contributed by atoms with Gasteiger partial charge in [-0.05, 0) is 40.9 Å². The van der Waals surface area contributed by atoms with Crippen LogP contribution >= 0.6 is 15.9 Å². The Kier molecular flexibility index (Phi) is 4.87. The van der Waals surface area contributed by atoms with Crippen LogP contribution in [0.3, 0.4) is 0 Å². The highest BCUT2D eigenvalue weighted by Gasteiger charge is 2.14. The van der Waals surface area contributed by atoms with E-state index in [1.807, 2.05) is 6.92 Å². The molecule has 90 valence electrons. The van der Waals surface area contributed by atoms with Crippen LogP contribution in [0, 0.1) is 17.6 Å². The number of hydrogen-bond acceptors (Lipinski definition) is 1. The summed E-state index contributed by atoms with van der Waals surface area (Å²) in [5.41, 5.74) is 0.0851. The van der Waals surface area contributed by atoms with E-state index in [-0.39, 0.29) is 18.2 Å². The van der Waals surface area contributed by atoms with Crippen molar-refractivity contribution in [2.45, 2.75) is 33.4 Å². The third-order valence-electron chi connectivity index (χ3n) is 2.74. The first-order valence-electron chi connectivity index (χ1n) is 5.29. The molecule has 1 aromatic rings. The summed E-state index contributed by atoms with van der Waals surface area (Å²) in [6.07, 6.45) is 0. The number of halogens is 3. The summed E-state index contributed by atoms with van der Waals surface area (Å²) in [5.74, 6) is -0.606. The second-order valence-corrected chi connectivity index (χ2v) is 5.09. The standard InChI is InChI=1S/C12H16BrF2N/c1-7(2)8(3)16-6-9-11(14)5-4-10(13)12(9)15/h4-5,7-8,16H,6H2,1-3H3. The van der Waals surface area contributed by atoms with Crippen molar-refractivity contribution in [3.05, 3.63) is 33.8 Å². The van der Waals surface area contributed by atoms with Gasteiger partial charge in [0.1, 0.15) is 11.6 Å². The lowest BCUT2D eigenvalue weighted by atomic mass is 10.1. The summed E-state index contributed by atoms with van der Waals surface area (Å²) >= 11 is 3.05. The van der Waals surface area contributed by atoms with Gasteiger partial charge in [-0.25, -0.2) is 8.78 Å². The van der Waals surface area contributed by atoms with Gasteiger partial charge in [0.2, 0.25) is 0 Å². The summed E-state index contributed by atoms with van der Waals surface area (Å²) < 4.78 is 27.3. The Morgan fingerprint density at radius 3 is 2.44 bits per heavy atom. The molecule has 1 aromatic carbocycles. The second-order valence-electron chi connectivity index (χ2n) is 4.24. The van der Waals surface area contributed by atoms with Gasteiger partial charge >= 0.3 is 0 Å². The van der Waals surface area contributed by atoms with Crippen LogP contribution in [0.1, 0.15) is 26.3 Å². The highest BCUT2D eigenvalue weighted by Crippen LogP contribution is 2.21. The van der Waals surface area contributed by atoms with Crippen molar-refractivity contribution in [2.75, 3.05) is 0 Å². The van der Waals surface area contributed by atoms with Gasteiger partial charge in [0.05, 0.1) is 4.47 Å². The molecule has 0 aromatic heterocycles. The number of rotatable bonds is 4. The zero-order valence-corrected chi connectivity index (χ0v) is 11.2. The third-order valence-corrected chi connectivity index (χ3v) is 3.35. The van der Waals surface area contributed by atoms with Gasteiger partial charge in [-0.2, -0.15) is 0 Å². The molecule has 1 unspecified atom stereocenters. The molecule has 0 aliphatic rings. The Morgan fingerprint density at radius 1 is 1.25 bits per heavy atom. The first-order chi connectivity index (χ1) is 7.43. The van der Waals surface area contributed by atoms with Crippen LogP contribution in [0.5, 0.6) is 0 Å². The average molecular weight is 292 g/mol. The molecule has 1 rings (SSSR count). The molecule has 0 saturated carbocycles. The Bertz CT molecular complexity index is 366. The molecule has 0 aliphatic carbocycles. The van der Waals surface area contributed by atoms with Crippen LogP contribution in [-0.2, 0) is 6.54 Å². The lowest BCUT2D eigenvalue weighted by molar-refractivity contribution is 0.415. The molecule has 0 heterocycles. The predicted molar refractivity (Wildman–Crippen MR) is 65.2 cm³/mol. The van der Waals surface area contributed by atoms with Crippen molar-refractivity contribution in [3.8, 4) is 0 Å². The van der Waals surface area contributed by atoms with E-state index in [0.29, 0.717) is 10.4 Å². The highest BCUT2D eigenvalue weighted by atomic mass is 79.9. The lowest BCUT2D eigenvalue weighted by Crippen LogP contribution is -2.30. The number of nitrogens with one attached hydrogen (secondary N) is 1. The quantitative estimate of drug-likeness (QED) is 0.831. The molecular formula is C12H16BrF2N. The zero-order valence-electron chi connectivity index (χ0n) is 9.65. The minimum atomic E-state index is -0.525. The maximum Gasteiger partial charge on any atom is 0.144 e. The van der Waals surface area contributed by atoms with E-state index in [1.165, 1.54) is 12.1 Å². The predicted octanol–water partition coefficient (Wildman–Crippen LogP) is 3.86. The van der Waals surface area contributed by atoms with Crippen LogP contribution in [0.4, 0.5) is 8.78 Å². The molecule has 0 spiro atoms. The molecular weight excluding hydrogens is 276 g/mol. The third kappa shape index (κ3) is 3.25. The summed E-state index contributed by atoms with van der Waals surface area (Å²) in [5, 5.41) is 3.11. The number of benzene rings is 1. The molecule has 0 fully saturated rings. The van der Waals surface area contributed by atoms with Crippen LogP contribution in [-0.4, -0.2) is 6.04 Å². The van der Waals surface area contributed by atoms with Crippen LogP contribution in [0.15, 0.2) is 16.6 Å². The molecule has 1 N–H and O–H groups in total. The smallest absolute Gasteiger partial charge is 0.144 e. The minimum Gasteiger partial charge on any atom is -0.310 e. The summed E-state index contributed by atoms with van der Waals surface area (Å²) in [4.78, 5) is 0. The first-order valence-corrected chi connectivity index (χ1v) is 6.08. The summed E-state index contributed by atoms with van der Waals surface area (Å²) in [6, 6.07) is 2.86.